The molecule has 6 heteroatoms. The van der Waals surface area contributed by atoms with Gasteiger partial charge in [-0.05, 0) is 18.6 Å². The number of carboxylic acid groups (broad SMARTS) is 1. The predicted octanol–water partition coefficient (Wildman–Crippen LogP) is 2.50. The molecule has 0 radical (unpaired) electrons. The molecule has 1 N–H and O–H groups in total. The first-order valence-corrected chi connectivity index (χ1v) is 6.15. The highest BCUT2D eigenvalue weighted by atomic mass is 35.5. The van der Waals surface area contributed by atoms with Crippen molar-refractivity contribution in [2.75, 3.05) is 12.5 Å². The van der Waals surface area contributed by atoms with Crippen LogP contribution >= 0.6 is 11.6 Å². The summed E-state index contributed by atoms with van der Waals surface area (Å²) in [6, 6.07) is 5.63. The molecule has 0 amide bonds. The third-order valence-corrected chi connectivity index (χ3v) is 2.73. The molecular formula is C13H11ClO5. The van der Waals surface area contributed by atoms with E-state index < -0.39 is 17.2 Å². The van der Waals surface area contributed by atoms with Gasteiger partial charge in [0.15, 0.2) is 5.43 Å². The number of rotatable bonds is 5. The Bertz CT molecular complexity index is 662. The summed E-state index contributed by atoms with van der Waals surface area (Å²) in [5.74, 6) is -0.683. The third-order valence-electron chi connectivity index (χ3n) is 2.46. The fourth-order valence-corrected chi connectivity index (χ4v) is 1.68. The Morgan fingerprint density at radius 3 is 2.84 bits per heavy atom. The van der Waals surface area contributed by atoms with Crippen LogP contribution in [0.15, 0.2) is 33.5 Å². The van der Waals surface area contributed by atoms with Crippen LogP contribution in [0.25, 0.3) is 11.0 Å². The van der Waals surface area contributed by atoms with Gasteiger partial charge in [-0.2, -0.15) is 0 Å². The Morgan fingerprint density at radius 1 is 1.37 bits per heavy atom. The zero-order valence-corrected chi connectivity index (χ0v) is 10.6. The number of ether oxygens (including phenoxy) is 1. The van der Waals surface area contributed by atoms with E-state index in [9.17, 15) is 9.59 Å². The van der Waals surface area contributed by atoms with Crippen molar-refractivity contribution >= 4 is 28.5 Å². The Balaban J connectivity index is 2.40. The zero-order valence-electron chi connectivity index (χ0n) is 9.89. The minimum absolute atomic E-state index is 0.188. The molecule has 2 rings (SSSR count). The maximum absolute atomic E-state index is 11.7. The van der Waals surface area contributed by atoms with Crippen LogP contribution < -0.4 is 10.2 Å². The van der Waals surface area contributed by atoms with Crippen molar-refractivity contribution in [2.24, 2.45) is 0 Å². The molecule has 5 nitrogen and oxygen atoms in total. The lowest BCUT2D eigenvalue weighted by Crippen LogP contribution is -2.06. The molecule has 0 bridgehead atoms. The quantitative estimate of drug-likeness (QED) is 0.673. The van der Waals surface area contributed by atoms with Gasteiger partial charge >= 0.3 is 5.97 Å². The van der Waals surface area contributed by atoms with E-state index in [0.717, 1.165) is 6.07 Å². The number of fused-ring (bicyclic) bond motifs is 1. The highest BCUT2D eigenvalue weighted by molar-refractivity contribution is 6.17. The van der Waals surface area contributed by atoms with Crippen LogP contribution in [-0.2, 0) is 0 Å². The number of aromatic carboxylic acids is 1. The fraction of sp³-hybridized carbons (Fsp3) is 0.231. The summed E-state index contributed by atoms with van der Waals surface area (Å²) in [6.45, 7) is 0.442. The molecule has 100 valence electrons. The van der Waals surface area contributed by atoms with Crippen molar-refractivity contribution in [2.45, 2.75) is 6.42 Å². The fourth-order valence-electron chi connectivity index (χ4n) is 1.58. The molecule has 2 aromatic rings. The van der Waals surface area contributed by atoms with Crippen molar-refractivity contribution in [1.82, 2.24) is 0 Å². The van der Waals surface area contributed by atoms with Gasteiger partial charge in [0.2, 0.25) is 5.76 Å². The van der Waals surface area contributed by atoms with E-state index in [1.54, 1.807) is 12.1 Å². The summed E-state index contributed by atoms with van der Waals surface area (Å²) in [4.78, 5) is 22.5. The topological polar surface area (TPSA) is 76.7 Å². The second-order valence-corrected chi connectivity index (χ2v) is 4.21. The summed E-state index contributed by atoms with van der Waals surface area (Å²) < 4.78 is 10.5. The minimum atomic E-state index is -1.28. The molecule has 0 aliphatic heterocycles. The number of carbonyl (C=O) groups is 1. The average molecular weight is 283 g/mol. The second-order valence-electron chi connectivity index (χ2n) is 3.83. The number of hydrogen-bond acceptors (Lipinski definition) is 4. The van der Waals surface area contributed by atoms with Gasteiger partial charge in [0, 0.05) is 18.0 Å². The van der Waals surface area contributed by atoms with Crippen LogP contribution in [0.5, 0.6) is 5.75 Å². The molecule has 0 fully saturated rings. The predicted molar refractivity (Wildman–Crippen MR) is 70.3 cm³/mol. The van der Waals surface area contributed by atoms with E-state index >= 15 is 0 Å². The second kappa shape index (κ2) is 5.75. The van der Waals surface area contributed by atoms with Crippen LogP contribution in [0, 0.1) is 0 Å². The molecule has 0 spiro atoms. The number of alkyl halides is 1. The maximum atomic E-state index is 11.7. The standard InChI is InChI=1S/C13H11ClO5/c14-4-1-5-18-8-2-3-9-10(15)7-12(13(16)17)19-11(9)6-8/h2-3,6-7H,1,4-5H2,(H,16,17). The van der Waals surface area contributed by atoms with Crippen molar-refractivity contribution in [1.29, 1.82) is 0 Å². The number of benzene rings is 1. The first-order valence-electron chi connectivity index (χ1n) is 5.62. The van der Waals surface area contributed by atoms with E-state index in [0.29, 0.717) is 30.0 Å². The van der Waals surface area contributed by atoms with E-state index in [-0.39, 0.29) is 5.58 Å². The maximum Gasteiger partial charge on any atom is 0.371 e. The van der Waals surface area contributed by atoms with Gasteiger partial charge < -0.3 is 14.3 Å². The number of carboxylic acids is 1. The van der Waals surface area contributed by atoms with E-state index in [1.165, 1.54) is 6.07 Å². The van der Waals surface area contributed by atoms with E-state index in [2.05, 4.69) is 0 Å². The molecule has 0 unspecified atom stereocenters. The van der Waals surface area contributed by atoms with Crippen molar-refractivity contribution in [3.05, 3.63) is 40.2 Å². The first kappa shape index (κ1) is 13.4. The number of hydrogen-bond donors (Lipinski definition) is 1. The van der Waals surface area contributed by atoms with Gasteiger partial charge in [-0.1, -0.05) is 0 Å². The molecule has 0 atom stereocenters. The molecule has 1 aromatic carbocycles. The zero-order chi connectivity index (χ0) is 13.8. The van der Waals surface area contributed by atoms with Crippen LogP contribution in [-0.4, -0.2) is 23.6 Å². The molecule has 0 aliphatic carbocycles. The molecule has 1 heterocycles. The lowest BCUT2D eigenvalue weighted by molar-refractivity contribution is 0.0663. The van der Waals surface area contributed by atoms with Crippen LogP contribution in [0.1, 0.15) is 17.0 Å². The van der Waals surface area contributed by atoms with Crippen molar-refractivity contribution < 1.29 is 19.1 Å². The van der Waals surface area contributed by atoms with Crippen molar-refractivity contribution in [3.63, 3.8) is 0 Å². The summed E-state index contributed by atoms with van der Waals surface area (Å²) >= 11 is 5.53. The summed E-state index contributed by atoms with van der Waals surface area (Å²) in [5.41, 5.74) is -0.209. The van der Waals surface area contributed by atoms with E-state index in [4.69, 9.17) is 25.9 Å². The lowest BCUT2D eigenvalue weighted by atomic mass is 10.2. The average Bonchev–Trinajstić information content (AvgIpc) is 2.38. The summed E-state index contributed by atoms with van der Waals surface area (Å²) in [6.07, 6.45) is 0.693. The third kappa shape index (κ3) is 3.06. The minimum Gasteiger partial charge on any atom is -0.493 e. The normalized spacial score (nSPS) is 10.6. The monoisotopic (exact) mass is 282 g/mol. The molecule has 0 saturated heterocycles. The van der Waals surface area contributed by atoms with Crippen LogP contribution in [0.3, 0.4) is 0 Å². The van der Waals surface area contributed by atoms with Gasteiger partial charge in [-0.15, -0.1) is 11.6 Å². The highest BCUT2D eigenvalue weighted by Crippen LogP contribution is 2.20. The molecule has 0 aliphatic rings. The van der Waals surface area contributed by atoms with Gasteiger partial charge in [-0.25, -0.2) is 4.79 Å². The largest absolute Gasteiger partial charge is 0.493 e. The van der Waals surface area contributed by atoms with E-state index in [1.807, 2.05) is 0 Å². The lowest BCUT2D eigenvalue weighted by Gasteiger charge is -2.05. The summed E-state index contributed by atoms with van der Waals surface area (Å²) in [5, 5.41) is 9.15. The smallest absolute Gasteiger partial charge is 0.371 e. The highest BCUT2D eigenvalue weighted by Gasteiger charge is 2.11. The Hall–Kier alpha value is -2.01. The Kier molecular flexibility index (Phi) is 4.06. The van der Waals surface area contributed by atoms with Gasteiger partial charge in [-0.3, -0.25) is 4.79 Å². The van der Waals surface area contributed by atoms with Gasteiger partial charge in [0.05, 0.1) is 12.0 Å². The number of halogens is 1. The SMILES string of the molecule is O=C(O)c1cc(=O)c2ccc(OCCCCl)cc2o1. The van der Waals surface area contributed by atoms with Crippen LogP contribution in [0.2, 0.25) is 0 Å². The van der Waals surface area contributed by atoms with Crippen LogP contribution in [0.4, 0.5) is 0 Å². The van der Waals surface area contributed by atoms with Gasteiger partial charge in [0.25, 0.3) is 0 Å². The Labute approximate surface area is 113 Å². The first-order chi connectivity index (χ1) is 9.11. The van der Waals surface area contributed by atoms with Gasteiger partial charge in [0.1, 0.15) is 11.3 Å². The molecule has 0 saturated carbocycles. The molecule has 1 aromatic heterocycles. The molecular weight excluding hydrogens is 272 g/mol. The summed E-state index contributed by atoms with van der Waals surface area (Å²) in [7, 11) is 0. The Morgan fingerprint density at radius 2 is 2.16 bits per heavy atom. The molecule has 19 heavy (non-hydrogen) atoms. The van der Waals surface area contributed by atoms with Crippen molar-refractivity contribution in [3.8, 4) is 5.75 Å².